The SMILES string of the molecule is CC[C@@H](C)NC(=O)c1cc(-c2cnc(NC(C)C)c(=O)n2CC(=O)NCc2ccc(/C(N)=N/C(=O)OCc3ccccc3)cc2OC)cc([N+](=O)[O-])c1. The van der Waals surface area contributed by atoms with E-state index in [0.29, 0.717) is 23.3 Å². The van der Waals surface area contributed by atoms with E-state index in [1.54, 1.807) is 25.1 Å². The Labute approximate surface area is 305 Å². The van der Waals surface area contributed by atoms with Crippen molar-refractivity contribution in [1.82, 2.24) is 20.2 Å². The molecule has 1 aromatic heterocycles. The molecule has 0 aliphatic heterocycles. The van der Waals surface area contributed by atoms with Gasteiger partial charge in [0.15, 0.2) is 5.82 Å². The number of rotatable bonds is 15. The van der Waals surface area contributed by atoms with E-state index in [-0.39, 0.29) is 59.4 Å². The van der Waals surface area contributed by atoms with Crippen LogP contribution in [0.25, 0.3) is 11.3 Å². The number of nitrogens with two attached hydrogens (primary N) is 1. The van der Waals surface area contributed by atoms with Crippen LogP contribution in [0.5, 0.6) is 5.75 Å². The smallest absolute Gasteiger partial charge is 0.435 e. The summed E-state index contributed by atoms with van der Waals surface area (Å²) in [5.41, 5.74) is 6.98. The molecule has 16 heteroatoms. The molecule has 4 aromatic rings. The molecular formula is C37H42N8O8. The largest absolute Gasteiger partial charge is 0.496 e. The number of aromatic nitrogens is 2. The first-order valence-corrected chi connectivity index (χ1v) is 16.7. The van der Waals surface area contributed by atoms with Crippen molar-refractivity contribution < 1.29 is 28.8 Å². The number of non-ortho nitro benzene ring substituents is 1. The molecule has 0 radical (unpaired) electrons. The lowest BCUT2D eigenvalue weighted by molar-refractivity contribution is -0.384. The van der Waals surface area contributed by atoms with Gasteiger partial charge in [0.1, 0.15) is 24.7 Å². The first-order valence-electron chi connectivity index (χ1n) is 16.7. The zero-order chi connectivity index (χ0) is 38.7. The summed E-state index contributed by atoms with van der Waals surface area (Å²) in [7, 11) is 1.43. The maximum atomic E-state index is 13.7. The molecule has 0 unspecified atom stereocenters. The van der Waals surface area contributed by atoms with Gasteiger partial charge in [-0.15, -0.1) is 0 Å². The average Bonchev–Trinajstić information content (AvgIpc) is 3.14. The van der Waals surface area contributed by atoms with Crippen LogP contribution in [-0.2, 0) is 29.2 Å². The Morgan fingerprint density at radius 3 is 2.43 bits per heavy atom. The summed E-state index contributed by atoms with van der Waals surface area (Å²) in [5.74, 6) is -0.906. The Kier molecular flexibility index (Phi) is 13.4. The molecule has 0 fully saturated rings. The number of methoxy groups -OCH3 is 1. The van der Waals surface area contributed by atoms with E-state index in [9.17, 15) is 29.3 Å². The van der Waals surface area contributed by atoms with Crippen molar-refractivity contribution in [2.24, 2.45) is 10.7 Å². The number of carbonyl (C=O) groups excluding carboxylic acids is 3. The predicted molar refractivity (Wildman–Crippen MR) is 199 cm³/mol. The first kappa shape index (κ1) is 39.2. The maximum absolute atomic E-state index is 13.7. The number of hydrogen-bond acceptors (Lipinski definition) is 10. The number of nitrogens with one attached hydrogen (secondary N) is 3. The van der Waals surface area contributed by atoms with Crippen molar-refractivity contribution >= 4 is 35.2 Å². The first-order chi connectivity index (χ1) is 25.3. The number of anilines is 1. The third kappa shape index (κ3) is 10.7. The number of nitrogens with zero attached hydrogens (tertiary/aromatic N) is 4. The van der Waals surface area contributed by atoms with Crippen molar-refractivity contribution in [3.8, 4) is 17.0 Å². The van der Waals surface area contributed by atoms with Gasteiger partial charge in [-0.1, -0.05) is 49.4 Å². The molecule has 3 aromatic carbocycles. The number of amidine groups is 1. The number of amides is 3. The summed E-state index contributed by atoms with van der Waals surface area (Å²) < 4.78 is 11.8. The molecule has 16 nitrogen and oxygen atoms in total. The molecule has 0 bridgehead atoms. The Balaban J connectivity index is 1.57. The van der Waals surface area contributed by atoms with E-state index in [1.165, 1.54) is 25.4 Å². The zero-order valence-electron chi connectivity index (χ0n) is 30.0. The van der Waals surface area contributed by atoms with Crippen LogP contribution < -0.4 is 32.0 Å². The van der Waals surface area contributed by atoms with Crippen LogP contribution in [0.3, 0.4) is 0 Å². The molecule has 1 atom stereocenters. The van der Waals surface area contributed by atoms with E-state index >= 15 is 0 Å². The van der Waals surface area contributed by atoms with Gasteiger partial charge < -0.3 is 31.2 Å². The molecule has 0 spiro atoms. The zero-order valence-corrected chi connectivity index (χ0v) is 30.0. The summed E-state index contributed by atoms with van der Waals surface area (Å²) in [6.45, 7) is 6.82. The normalized spacial score (nSPS) is 11.8. The minimum absolute atomic E-state index is 0.00707. The van der Waals surface area contributed by atoms with Gasteiger partial charge in [-0.2, -0.15) is 4.99 Å². The quantitative estimate of drug-likeness (QED) is 0.0576. The molecule has 53 heavy (non-hydrogen) atoms. The molecule has 0 saturated carbocycles. The topological polar surface area (TPSA) is 222 Å². The Morgan fingerprint density at radius 1 is 1.04 bits per heavy atom. The van der Waals surface area contributed by atoms with Crippen LogP contribution in [-0.4, -0.2) is 57.4 Å². The summed E-state index contributed by atoms with van der Waals surface area (Å²) >= 11 is 0. The van der Waals surface area contributed by atoms with Crippen molar-refractivity contribution in [1.29, 1.82) is 0 Å². The Bertz CT molecular complexity index is 2060. The van der Waals surface area contributed by atoms with Crippen molar-refractivity contribution in [3.63, 3.8) is 0 Å². The number of benzene rings is 3. The molecule has 5 N–H and O–H groups in total. The lowest BCUT2D eigenvalue weighted by atomic mass is 10.1. The number of hydrogen-bond donors (Lipinski definition) is 4. The van der Waals surface area contributed by atoms with Crippen LogP contribution in [0.15, 0.2) is 82.7 Å². The highest BCUT2D eigenvalue weighted by Crippen LogP contribution is 2.26. The third-order valence-electron chi connectivity index (χ3n) is 7.93. The standard InChI is InChI=1S/C37H42N8O8/c1-6-23(4)42-35(47)28-14-27(15-29(16-28)45(50)51)30-19-40-34(41-22(2)3)36(48)44(30)20-32(46)39-18-26-13-12-25(17-31(26)52-5)33(38)43-37(49)53-21-24-10-8-7-9-11-24/h7-17,19,22-23H,6,18,20-21H2,1-5H3,(H,39,46)(H,40,41)(H,42,47)(H2,38,43,49)/t23-/m1/s1. The van der Waals surface area contributed by atoms with Gasteiger partial charge in [-0.05, 0) is 44.9 Å². The lowest BCUT2D eigenvalue weighted by Gasteiger charge is -2.17. The third-order valence-corrected chi connectivity index (χ3v) is 7.93. The van der Waals surface area contributed by atoms with Gasteiger partial charge >= 0.3 is 6.09 Å². The fourth-order valence-electron chi connectivity index (χ4n) is 5.01. The van der Waals surface area contributed by atoms with Crippen LogP contribution in [0.2, 0.25) is 0 Å². The molecular weight excluding hydrogens is 684 g/mol. The van der Waals surface area contributed by atoms with Gasteiger partial charge in [-0.3, -0.25) is 29.1 Å². The van der Waals surface area contributed by atoms with Crippen molar-refractivity contribution in [2.75, 3.05) is 12.4 Å². The molecule has 278 valence electrons. The Morgan fingerprint density at radius 2 is 1.77 bits per heavy atom. The number of ether oxygens (including phenoxy) is 2. The second kappa shape index (κ2) is 18.1. The van der Waals surface area contributed by atoms with E-state index in [4.69, 9.17) is 15.2 Å². The van der Waals surface area contributed by atoms with Gasteiger partial charge in [-0.25, -0.2) is 9.78 Å². The van der Waals surface area contributed by atoms with Crippen molar-refractivity contribution in [2.45, 2.75) is 65.9 Å². The Hall–Kier alpha value is -6.58. The fourth-order valence-corrected chi connectivity index (χ4v) is 5.01. The summed E-state index contributed by atoms with van der Waals surface area (Å²) in [6.07, 6.45) is 1.09. The van der Waals surface area contributed by atoms with Gasteiger partial charge in [0, 0.05) is 53.0 Å². The highest BCUT2D eigenvalue weighted by atomic mass is 16.6. The van der Waals surface area contributed by atoms with E-state index in [1.807, 2.05) is 51.1 Å². The van der Waals surface area contributed by atoms with E-state index in [0.717, 1.165) is 16.2 Å². The van der Waals surface area contributed by atoms with E-state index in [2.05, 4.69) is 25.9 Å². The number of nitro benzene ring substituents is 1. The van der Waals surface area contributed by atoms with Gasteiger partial charge in [0.05, 0.1) is 23.9 Å². The average molecular weight is 727 g/mol. The molecule has 0 saturated heterocycles. The summed E-state index contributed by atoms with van der Waals surface area (Å²) in [6, 6.07) is 17.3. The number of nitro groups is 1. The second-order valence-electron chi connectivity index (χ2n) is 12.3. The molecule has 3 amide bonds. The van der Waals surface area contributed by atoms with Gasteiger partial charge in [0.2, 0.25) is 5.91 Å². The van der Waals surface area contributed by atoms with Crippen LogP contribution >= 0.6 is 0 Å². The molecule has 0 aliphatic rings. The highest BCUT2D eigenvalue weighted by molar-refractivity contribution is 6.03. The van der Waals surface area contributed by atoms with E-state index < -0.39 is 34.9 Å². The minimum atomic E-state index is -0.866. The van der Waals surface area contributed by atoms with Crippen LogP contribution in [0, 0.1) is 10.1 Å². The van der Waals surface area contributed by atoms with Gasteiger partial charge in [0.25, 0.3) is 17.2 Å². The molecule has 0 aliphatic carbocycles. The fraction of sp³-hybridized carbons (Fsp3) is 0.297. The monoisotopic (exact) mass is 726 g/mol. The van der Waals surface area contributed by atoms with Crippen LogP contribution in [0.1, 0.15) is 61.2 Å². The second-order valence-corrected chi connectivity index (χ2v) is 12.3. The highest BCUT2D eigenvalue weighted by Gasteiger charge is 2.21. The van der Waals surface area contributed by atoms with Crippen LogP contribution in [0.4, 0.5) is 16.3 Å². The number of aliphatic imine (C=N–C) groups is 1. The number of carbonyl (C=O) groups is 3. The molecule has 1 heterocycles. The summed E-state index contributed by atoms with van der Waals surface area (Å²) in [4.78, 5) is 71.6. The maximum Gasteiger partial charge on any atom is 0.435 e. The summed E-state index contributed by atoms with van der Waals surface area (Å²) in [5, 5.41) is 20.4. The van der Waals surface area contributed by atoms with Crippen molar-refractivity contribution in [3.05, 3.63) is 116 Å². The molecule has 4 rings (SSSR count). The minimum Gasteiger partial charge on any atom is -0.496 e. The predicted octanol–water partition coefficient (Wildman–Crippen LogP) is 4.53. The lowest BCUT2D eigenvalue weighted by Crippen LogP contribution is -2.35.